The molecule has 0 aromatic heterocycles. The van der Waals surface area contributed by atoms with Crippen LogP contribution in [0.5, 0.6) is 0 Å². The van der Waals surface area contributed by atoms with Gasteiger partial charge in [0, 0.05) is 8.80 Å². The van der Waals surface area contributed by atoms with Crippen molar-refractivity contribution in [3.8, 4) is 0 Å². The van der Waals surface area contributed by atoms with Crippen molar-refractivity contribution in [1.29, 1.82) is 0 Å². The first-order chi connectivity index (χ1) is 3.46. The molecule has 0 fully saturated rings. The van der Waals surface area contributed by atoms with Crippen LogP contribution in [0.2, 0.25) is 19.6 Å². The Kier molecular flexibility index (Phi) is 8.35. The molecule has 8 heavy (non-hydrogen) atoms. The topological polar surface area (TPSA) is 63.4 Å². The summed E-state index contributed by atoms with van der Waals surface area (Å²) < 4.78 is 0. The van der Waals surface area contributed by atoms with E-state index in [1.807, 2.05) is 0 Å². The lowest BCUT2D eigenvalue weighted by molar-refractivity contribution is -0.742. The van der Waals surface area contributed by atoms with Crippen molar-refractivity contribution < 1.29 is 10.3 Å². The average molecular weight is 137 g/mol. The highest BCUT2D eigenvalue weighted by molar-refractivity contribution is 6.54. The highest BCUT2D eigenvalue weighted by Crippen LogP contribution is 1.68. The monoisotopic (exact) mass is 137 g/mol. The van der Waals surface area contributed by atoms with Gasteiger partial charge in [-0.1, -0.05) is 19.6 Å². The molecule has 5 heteroatoms. The molecule has 0 amide bonds. The van der Waals surface area contributed by atoms with Crippen molar-refractivity contribution in [3.63, 3.8) is 0 Å². The lowest BCUT2D eigenvalue weighted by atomic mass is 11.8. The first-order valence-electron chi connectivity index (χ1n) is 2.30. The summed E-state index contributed by atoms with van der Waals surface area (Å²) in [5.41, 5.74) is 0. The maximum absolute atomic E-state index is 8.36. The van der Waals surface area contributed by atoms with Crippen molar-refractivity contribution in [3.05, 3.63) is 10.1 Å². The molecule has 0 aromatic carbocycles. The van der Waals surface area contributed by atoms with E-state index in [1.54, 1.807) is 0 Å². The van der Waals surface area contributed by atoms with Crippen molar-refractivity contribution in [2.24, 2.45) is 0 Å². The highest BCUT2D eigenvalue weighted by atomic mass is 28.3. The predicted molar refractivity (Wildman–Crippen MR) is 33.5 cm³/mol. The number of hydrogen-bond donors (Lipinski definition) is 1. The Morgan fingerprint density at radius 2 is 1.50 bits per heavy atom. The molecule has 0 aliphatic carbocycles. The fraction of sp³-hybridized carbons (Fsp3) is 1.00. The number of rotatable bonds is 0. The standard InChI is InChI=1S/C3H10Si.HNO3/c1-4(2)3;2-1(3)4/h4H,1-3H3;(H,2,3,4). The number of nitrogens with zero attached hydrogens (tertiary/aromatic N) is 1. The van der Waals surface area contributed by atoms with Gasteiger partial charge in [0.2, 0.25) is 0 Å². The third-order valence-electron chi connectivity index (χ3n) is 0. The van der Waals surface area contributed by atoms with Crippen molar-refractivity contribution in [1.82, 2.24) is 0 Å². The fourth-order valence-corrected chi connectivity index (χ4v) is 0. The Morgan fingerprint density at radius 3 is 1.50 bits per heavy atom. The second-order valence-corrected chi connectivity index (χ2v) is 5.43. The summed E-state index contributed by atoms with van der Waals surface area (Å²) in [4.78, 5) is 8.36. The summed E-state index contributed by atoms with van der Waals surface area (Å²) in [6, 6.07) is 0. The van der Waals surface area contributed by atoms with E-state index in [9.17, 15) is 0 Å². The summed E-state index contributed by atoms with van der Waals surface area (Å²) in [6.07, 6.45) is 0. The molecule has 0 radical (unpaired) electrons. The van der Waals surface area contributed by atoms with Crippen LogP contribution in [0.4, 0.5) is 0 Å². The molecule has 1 N–H and O–H groups in total. The van der Waals surface area contributed by atoms with Crippen molar-refractivity contribution >= 4 is 8.80 Å². The maximum Gasteiger partial charge on any atom is 0.291 e. The van der Waals surface area contributed by atoms with E-state index >= 15 is 0 Å². The predicted octanol–water partition coefficient (Wildman–Crippen LogP) is 0.755. The van der Waals surface area contributed by atoms with Gasteiger partial charge in [-0.05, 0) is 0 Å². The second-order valence-electron chi connectivity index (χ2n) is 1.97. The fourth-order valence-electron chi connectivity index (χ4n) is 0. The molecule has 0 unspecified atom stereocenters. The van der Waals surface area contributed by atoms with Crippen LogP contribution in [0.1, 0.15) is 0 Å². The molecule has 0 saturated carbocycles. The van der Waals surface area contributed by atoms with Gasteiger partial charge in [-0.2, -0.15) is 0 Å². The molecule has 50 valence electrons. The zero-order valence-electron chi connectivity index (χ0n) is 5.29. The van der Waals surface area contributed by atoms with E-state index in [4.69, 9.17) is 15.3 Å². The van der Waals surface area contributed by atoms with Crippen LogP contribution in [0.15, 0.2) is 0 Å². The SMILES string of the molecule is C[SiH](C)C.O=[N+]([O-])O. The summed E-state index contributed by atoms with van der Waals surface area (Å²) in [6.45, 7) is 6.92. The van der Waals surface area contributed by atoms with Crippen LogP contribution in [-0.2, 0) is 0 Å². The minimum atomic E-state index is -1.50. The lowest BCUT2D eigenvalue weighted by Crippen LogP contribution is -1.84. The second kappa shape index (κ2) is 6.42. The first kappa shape index (κ1) is 10.4. The van der Waals surface area contributed by atoms with Gasteiger partial charge in [0.25, 0.3) is 5.09 Å². The zero-order valence-corrected chi connectivity index (χ0v) is 6.44. The van der Waals surface area contributed by atoms with E-state index in [0.717, 1.165) is 0 Å². The Balaban J connectivity index is 0. The Labute approximate surface area is 49.9 Å². The molecule has 0 aliphatic rings. The highest BCUT2D eigenvalue weighted by Gasteiger charge is 1.71. The molecule has 4 nitrogen and oxygen atoms in total. The van der Waals surface area contributed by atoms with Gasteiger partial charge >= 0.3 is 0 Å². The zero-order chi connectivity index (χ0) is 7.15. The summed E-state index contributed by atoms with van der Waals surface area (Å²) in [7, 11) is -0.139. The molecule has 0 bridgehead atoms. The van der Waals surface area contributed by atoms with Gasteiger partial charge in [-0.3, -0.25) is 0 Å². The third-order valence-corrected chi connectivity index (χ3v) is 0. The quantitative estimate of drug-likeness (QED) is 0.304. The van der Waals surface area contributed by atoms with Crippen molar-refractivity contribution in [2.75, 3.05) is 0 Å². The van der Waals surface area contributed by atoms with Crippen LogP contribution >= 0.6 is 0 Å². The van der Waals surface area contributed by atoms with Gasteiger partial charge in [-0.25, -0.2) is 0 Å². The van der Waals surface area contributed by atoms with Gasteiger partial charge < -0.3 is 5.21 Å². The van der Waals surface area contributed by atoms with Crippen LogP contribution in [-0.4, -0.2) is 19.1 Å². The molecule has 0 saturated heterocycles. The van der Waals surface area contributed by atoms with Crippen LogP contribution in [0, 0.1) is 10.1 Å². The molecular formula is C3H11NO3Si. The van der Waals surface area contributed by atoms with Crippen LogP contribution < -0.4 is 0 Å². The van der Waals surface area contributed by atoms with Gasteiger partial charge in [0.15, 0.2) is 0 Å². The van der Waals surface area contributed by atoms with E-state index < -0.39 is 5.09 Å². The Hall–Kier alpha value is -0.583. The molecule has 0 atom stereocenters. The van der Waals surface area contributed by atoms with Gasteiger partial charge in [0.05, 0.1) is 0 Å². The van der Waals surface area contributed by atoms with Crippen molar-refractivity contribution in [2.45, 2.75) is 19.6 Å². The maximum atomic E-state index is 8.36. The van der Waals surface area contributed by atoms with E-state index in [0.29, 0.717) is 0 Å². The molecular weight excluding hydrogens is 126 g/mol. The van der Waals surface area contributed by atoms with E-state index in [-0.39, 0.29) is 8.80 Å². The van der Waals surface area contributed by atoms with Gasteiger partial charge in [-0.15, -0.1) is 10.1 Å². The molecule has 0 rings (SSSR count). The van der Waals surface area contributed by atoms with E-state index in [2.05, 4.69) is 19.6 Å². The first-order valence-corrected chi connectivity index (χ1v) is 5.76. The summed E-state index contributed by atoms with van der Waals surface area (Å²) in [5.74, 6) is 0. The summed E-state index contributed by atoms with van der Waals surface area (Å²) >= 11 is 0. The Morgan fingerprint density at radius 1 is 1.50 bits per heavy atom. The van der Waals surface area contributed by atoms with Gasteiger partial charge in [0.1, 0.15) is 0 Å². The molecule has 0 aromatic rings. The average Bonchev–Trinajstić information content (AvgIpc) is 1.25. The largest absolute Gasteiger partial charge is 0.328 e. The smallest absolute Gasteiger partial charge is 0.291 e. The molecule has 0 spiro atoms. The lowest BCUT2D eigenvalue weighted by Gasteiger charge is -1.75. The molecule has 0 heterocycles. The van der Waals surface area contributed by atoms with Crippen LogP contribution in [0.25, 0.3) is 0 Å². The minimum Gasteiger partial charge on any atom is -0.328 e. The van der Waals surface area contributed by atoms with Crippen LogP contribution in [0.3, 0.4) is 0 Å². The Bertz CT molecular complexity index is 58.8. The molecule has 0 aliphatic heterocycles. The minimum absolute atomic E-state index is 0.139. The normalized spacial score (nSPS) is 7.50. The number of hydrogen-bond acceptors (Lipinski definition) is 2. The summed E-state index contributed by atoms with van der Waals surface area (Å²) in [5, 5.41) is 13.6. The third kappa shape index (κ3) is 311. The van der Waals surface area contributed by atoms with E-state index in [1.165, 1.54) is 0 Å².